The van der Waals surface area contributed by atoms with Gasteiger partial charge in [0.1, 0.15) is 11.4 Å². The van der Waals surface area contributed by atoms with Crippen LogP contribution in [0.3, 0.4) is 0 Å². The molecule has 0 fully saturated rings. The van der Waals surface area contributed by atoms with Crippen molar-refractivity contribution in [2.45, 2.75) is 46.1 Å². The molecule has 0 saturated heterocycles. The number of ether oxygens (including phenoxy) is 1. The summed E-state index contributed by atoms with van der Waals surface area (Å²) < 4.78 is 10.4. The van der Waals surface area contributed by atoms with Crippen LogP contribution in [0.4, 0.5) is 0 Å². The summed E-state index contributed by atoms with van der Waals surface area (Å²) >= 11 is 0. The summed E-state index contributed by atoms with van der Waals surface area (Å²) in [6, 6.07) is 0. The Hall–Kier alpha value is -1.23. The van der Waals surface area contributed by atoms with Gasteiger partial charge in [0, 0.05) is 13.0 Å². The van der Waals surface area contributed by atoms with E-state index in [1.807, 2.05) is 27.7 Å². The van der Waals surface area contributed by atoms with Crippen LogP contribution in [-0.4, -0.2) is 23.0 Å². The van der Waals surface area contributed by atoms with E-state index >= 15 is 0 Å². The standard InChI is InChI=1S/C12H20N2O3/c1-6-12(4,16-5)11-13-10(17-14-11)7-9(15)8(2)3/h8H,6-7H2,1-5H3. The number of rotatable bonds is 6. The summed E-state index contributed by atoms with van der Waals surface area (Å²) in [5.74, 6) is 0.922. The molecule has 1 rings (SSSR count). The van der Waals surface area contributed by atoms with Gasteiger partial charge in [-0.3, -0.25) is 4.79 Å². The van der Waals surface area contributed by atoms with Gasteiger partial charge in [-0.15, -0.1) is 0 Å². The Labute approximate surface area is 102 Å². The van der Waals surface area contributed by atoms with Gasteiger partial charge in [-0.1, -0.05) is 25.9 Å². The monoisotopic (exact) mass is 240 g/mol. The molecule has 17 heavy (non-hydrogen) atoms. The molecule has 0 N–H and O–H groups in total. The second kappa shape index (κ2) is 5.40. The van der Waals surface area contributed by atoms with Crippen LogP contribution >= 0.6 is 0 Å². The lowest BCUT2D eigenvalue weighted by Crippen LogP contribution is -2.25. The highest BCUT2D eigenvalue weighted by Gasteiger charge is 2.30. The van der Waals surface area contributed by atoms with Gasteiger partial charge in [0.2, 0.25) is 11.7 Å². The van der Waals surface area contributed by atoms with Crippen molar-refractivity contribution in [3.63, 3.8) is 0 Å². The topological polar surface area (TPSA) is 65.2 Å². The Bertz CT molecular complexity index is 381. The molecule has 0 aliphatic carbocycles. The zero-order chi connectivity index (χ0) is 13.1. The average molecular weight is 240 g/mol. The number of carbonyl (C=O) groups is 1. The summed E-state index contributed by atoms with van der Waals surface area (Å²) in [4.78, 5) is 15.8. The fourth-order valence-electron chi connectivity index (χ4n) is 1.29. The van der Waals surface area contributed by atoms with E-state index in [1.54, 1.807) is 7.11 Å². The Morgan fingerprint density at radius 1 is 1.53 bits per heavy atom. The summed E-state index contributed by atoms with van der Waals surface area (Å²) in [6.45, 7) is 7.58. The molecule has 5 heteroatoms. The van der Waals surface area contributed by atoms with Crippen molar-refractivity contribution < 1.29 is 14.1 Å². The van der Waals surface area contributed by atoms with E-state index in [0.717, 1.165) is 6.42 Å². The van der Waals surface area contributed by atoms with Crippen LogP contribution in [-0.2, 0) is 21.6 Å². The molecule has 1 atom stereocenters. The normalized spacial score (nSPS) is 14.9. The molecule has 1 unspecified atom stereocenters. The fraction of sp³-hybridized carbons (Fsp3) is 0.750. The molecule has 1 heterocycles. The molecule has 5 nitrogen and oxygen atoms in total. The van der Waals surface area contributed by atoms with Crippen LogP contribution < -0.4 is 0 Å². The number of ketones is 1. The van der Waals surface area contributed by atoms with Gasteiger partial charge < -0.3 is 9.26 Å². The molecule has 1 aromatic rings. The van der Waals surface area contributed by atoms with Crippen LogP contribution in [0.1, 0.15) is 45.8 Å². The van der Waals surface area contributed by atoms with E-state index in [2.05, 4.69) is 10.1 Å². The van der Waals surface area contributed by atoms with Gasteiger partial charge in [-0.05, 0) is 13.3 Å². The van der Waals surface area contributed by atoms with Crippen molar-refractivity contribution in [1.29, 1.82) is 0 Å². The average Bonchev–Trinajstić information content (AvgIpc) is 2.76. The minimum Gasteiger partial charge on any atom is -0.370 e. The number of nitrogens with zero attached hydrogens (tertiary/aromatic N) is 2. The Balaban J connectivity index is 2.81. The zero-order valence-corrected chi connectivity index (χ0v) is 11.1. The molecule has 96 valence electrons. The summed E-state index contributed by atoms with van der Waals surface area (Å²) in [7, 11) is 1.61. The number of aromatic nitrogens is 2. The minimum absolute atomic E-state index is 0.0228. The second-order valence-corrected chi connectivity index (χ2v) is 4.60. The van der Waals surface area contributed by atoms with E-state index in [0.29, 0.717) is 11.7 Å². The second-order valence-electron chi connectivity index (χ2n) is 4.60. The highest BCUT2D eigenvalue weighted by Crippen LogP contribution is 2.25. The van der Waals surface area contributed by atoms with Crippen molar-refractivity contribution in [3.05, 3.63) is 11.7 Å². The molecule has 0 amide bonds. The lowest BCUT2D eigenvalue weighted by Gasteiger charge is -2.21. The molecular weight excluding hydrogens is 220 g/mol. The van der Waals surface area contributed by atoms with Crippen LogP contribution in [0.2, 0.25) is 0 Å². The van der Waals surface area contributed by atoms with E-state index in [1.165, 1.54) is 0 Å². The molecular formula is C12H20N2O3. The summed E-state index contributed by atoms with van der Waals surface area (Å²) in [5, 5.41) is 3.88. The van der Waals surface area contributed by atoms with Crippen molar-refractivity contribution in [2.24, 2.45) is 5.92 Å². The predicted molar refractivity (Wildman–Crippen MR) is 62.5 cm³/mol. The molecule has 1 aromatic heterocycles. The smallest absolute Gasteiger partial charge is 0.234 e. The van der Waals surface area contributed by atoms with Crippen LogP contribution in [0.5, 0.6) is 0 Å². The Morgan fingerprint density at radius 3 is 2.65 bits per heavy atom. The summed E-state index contributed by atoms with van der Waals surface area (Å²) in [6.07, 6.45) is 0.925. The van der Waals surface area contributed by atoms with E-state index in [9.17, 15) is 4.79 Å². The maximum absolute atomic E-state index is 11.6. The van der Waals surface area contributed by atoms with Gasteiger partial charge in [0.05, 0.1) is 6.42 Å². The fourth-order valence-corrected chi connectivity index (χ4v) is 1.29. The molecule has 0 aromatic carbocycles. The quantitative estimate of drug-likeness (QED) is 0.762. The van der Waals surface area contributed by atoms with Crippen molar-refractivity contribution in [2.75, 3.05) is 7.11 Å². The Kier molecular flexibility index (Phi) is 4.40. The third-order valence-corrected chi connectivity index (χ3v) is 3.04. The van der Waals surface area contributed by atoms with Crippen molar-refractivity contribution in [3.8, 4) is 0 Å². The van der Waals surface area contributed by atoms with Gasteiger partial charge in [-0.25, -0.2) is 0 Å². The van der Waals surface area contributed by atoms with Gasteiger partial charge in [-0.2, -0.15) is 4.98 Å². The Morgan fingerprint density at radius 2 is 2.18 bits per heavy atom. The summed E-state index contributed by atoms with van der Waals surface area (Å²) in [5.41, 5.74) is -0.553. The van der Waals surface area contributed by atoms with E-state index < -0.39 is 5.60 Å². The molecule has 0 aliphatic rings. The number of Topliss-reactive ketones (excluding diaryl/α,β-unsaturated/α-hetero) is 1. The van der Waals surface area contributed by atoms with Crippen molar-refractivity contribution in [1.82, 2.24) is 10.1 Å². The third-order valence-electron chi connectivity index (χ3n) is 3.04. The number of carbonyl (C=O) groups excluding carboxylic acids is 1. The first kappa shape index (κ1) is 13.8. The predicted octanol–water partition coefficient (Wildman–Crippen LogP) is 2.11. The SMILES string of the molecule is CCC(C)(OC)c1noc(CC(=O)C(C)C)n1. The maximum atomic E-state index is 11.6. The first-order chi connectivity index (χ1) is 7.92. The third kappa shape index (κ3) is 3.12. The number of hydrogen-bond acceptors (Lipinski definition) is 5. The molecule has 0 bridgehead atoms. The van der Waals surface area contributed by atoms with Gasteiger partial charge >= 0.3 is 0 Å². The van der Waals surface area contributed by atoms with Gasteiger partial charge in [0.25, 0.3) is 0 Å². The first-order valence-corrected chi connectivity index (χ1v) is 5.84. The highest BCUT2D eigenvalue weighted by molar-refractivity contribution is 5.81. The zero-order valence-electron chi connectivity index (χ0n) is 11.1. The lowest BCUT2D eigenvalue weighted by molar-refractivity contribution is -0.121. The largest absolute Gasteiger partial charge is 0.370 e. The van der Waals surface area contributed by atoms with Crippen LogP contribution in [0.15, 0.2) is 4.52 Å². The minimum atomic E-state index is -0.553. The van der Waals surface area contributed by atoms with E-state index in [-0.39, 0.29) is 18.1 Å². The number of hydrogen-bond donors (Lipinski definition) is 0. The molecule has 0 saturated carbocycles. The number of methoxy groups -OCH3 is 1. The van der Waals surface area contributed by atoms with Crippen LogP contribution in [0, 0.1) is 5.92 Å². The van der Waals surface area contributed by atoms with Crippen LogP contribution in [0.25, 0.3) is 0 Å². The first-order valence-electron chi connectivity index (χ1n) is 5.84. The maximum Gasteiger partial charge on any atom is 0.234 e. The highest BCUT2D eigenvalue weighted by atomic mass is 16.5. The molecule has 0 spiro atoms. The van der Waals surface area contributed by atoms with Gasteiger partial charge in [0.15, 0.2) is 0 Å². The lowest BCUT2D eigenvalue weighted by atomic mass is 10.0. The molecule has 0 aliphatic heterocycles. The van der Waals surface area contributed by atoms with Crippen molar-refractivity contribution >= 4 is 5.78 Å². The molecule has 0 radical (unpaired) electrons. The van der Waals surface area contributed by atoms with E-state index in [4.69, 9.17) is 9.26 Å².